The summed E-state index contributed by atoms with van der Waals surface area (Å²) in [4.78, 5) is 0. The molecule has 2 aromatic carbocycles. The van der Waals surface area contributed by atoms with E-state index in [1.54, 1.807) is 11.1 Å². The van der Waals surface area contributed by atoms with Crippen LogP contribution in [-0.4, -0.2) is 6.61 Å². The van der Waals surface area contributed by atoms with Crippen molar-refractivity contribution in [1.29, 1.82) is 0 Å². The zero-order valence-corrected chi connectivity index (χ0v) is 19.6. The molecule has 0 aliphatic heterocycles. The molecule has 1 heteroatoms. The fourth-order valence-corrected chi connectivity index (χ4v) is 5.73. The summed E-state index contributed by atoms with van der Waals surface area (Å²) in [5.41, 5.74) is 5.83. The molecule has 2 aliphatic rings. The molecular formula is C30H40O. The minimum Gasteiger partial charge on any atom is -0.494 e. The Kier molecular flexibility index (Phi) is 7.89. The number of unbranched alkanes of at least 4 members (excludes halogenated alkanes) is 2. The second-order valence-electron chi connectivity index (χ2n) is 9.77. The molecule has 0 spiro atoms. The van der Waals surface area contributed by atoms with E-state index < -0.39 is 0 Å². The molecule has 1 fully saturated rings. The smallest absolute Gasteiger partial charge is 0.119 e. The van der Waals surface area contributed by atoms with E-state index in [0.717, 1.165) is 36.5 Å². The van der Waals surface area contributed by atoms with Crippen LogP contribution in [0.1, 0.15) is 76.3 Å². The lowest BCUT2D eigenvalue weighted by Crippen LogP contribution is -2.26. The largest absolute Gasteiger partial charge is 0.494 e. The highest BCUT2D eigenvalue weighted by atomic mass is 16.5. The second kappa shape index (κ2) is 11.0. The molecule has 1 saturated carbocycles. The van der Waals surface area contributed by atoms with Gasteiger partial charge in [0.2, 0.25) is 0 Å². The molecule has 0 N–H and O–H groups in total. The minimum absolute atomic E-state index is 0.824. The van der Waals surface area contributed by atoms with Gasteiger partial charge in [0, 0.05) is 0 Å². The first kappa shape index (κ1) is 22.2. The SMILES string of the molecule is C/C=C/C1CCC(C2CCc3cc(-c4ccc(OCCCCC)cc4)ccc3C2)CC1. The first-order chi connectivity index (χ1) is 15.3. The van der Waals surface area contributed by atoms with Crippen molar-refractivity contribution in [2.24, 2.45) is 17.8 Å². The summed E-state index contributed by atoms with van der Waals surface area (Å²) >= 11 is 0. The molecule has 1 atom stereocenters. The quantitative estimate of drug-likeness (QED) is 0.310. The number of fused-ring (bicyclic) bond motifs is 1. The molecule has 0 bridgehead atoms. The van der Waals surface area contributed by atoms with Crippen molar-refractivity contribution >= 4 is 0 Å². The molecule has 2 aliphatic carbocycles. The third-order valence-electron chi connectivity index (χ3n) is 7.62. The van der Waals surface area contributed by atoms with E-state index in [2.05, 4.69) is 68.5 Å². The van der Waals surface area contributed by atoms with Gasteiger partial charge in [-0.1, -0.05) is 62.2 Å². The minimum atomic E-state index is 0.824. The standard InChI is InChI=1S/C30H40O/c1-3-5-6-20-31-30-18-16-25(17-19-30)27-13-15-28-21-26(12-14-29(28)22-27)24-10-8-23(7-4-2)9-11-24/h4,7,13,15-19,22-24,26H,3,5-6,8-12,14,20-21H2,1-2H3/b7-4+. The van der Waals surface area contributed by atoms with Crippen LogP contribution in [0.25, 0.3) is 11.1 Å². The van der Waals surface area contributed by atoms with Crippen molar-refractivity contribution in [3.8, 4) is 16.9 Å². The van der Waals surface area contributed by atoms with Crippen molar-refractivity contribution < 1.29 is 4.74 Å². The summed E-state index contributed by atoms with van der Waals surface area (Å²) in [6, 6.07) is 15.9. The molecule has 2 aromatic rings. The van der Waals surface area contributed by atoms with Crippen LogP contribution in [0, 0.1) is 17.8 Å². The first-order valence-electron chi connectivity index (χ1n) is 12.7. The summed E-state index contributed by atoms with van der Waals surface area (Å²) in [7, 11) is 0. The lowest BCUT2D eigenvalue weighted by atomic mass is 9.69. The van der Waals surface area contributed by atoms with Gasteiger partial charge >= 0.3 is 0 Å². The fourth-order valence-electron chi connectivity index (χ4n) is 5.73. The highest BCUT2D eigenvalue weighted by Crippen LogP contribution is 2.40. The van der Waals surface area contributed by atoms with Gasteiger partial charge < -0.3 is 4.74 Å². The van der Waals surface area contributed by atoms with Gasteiger partial charge in [0.1, 0.15) is 5.75 Å². The Morgan fingerprint density at radius 3 is 2.35 bits per heavy atom. The lowest BCUT2D eigenvalue weighted by Gasteiger charge is -2.36. The maximum Gasteiger partial charge on any atom is 0.119 e. The molecular weight excluding hydrogens is 376 g/mol. The molecule has 31 heavy (non-hydrogen) atoms. The van der Waals surface area contributed by atoms with Crippen LogP contribution in [0.4, 0.5) is 0 Å². The van der Waals surface area contributed by atoms with Gasteiger partial charge in [0.15, 0.2) is 0 Å². The Bertz CT molecular complexity index is 839. The van der Waals surface area contributed by atoms with Crippen molar-refractivity contribution in [1.82, 2.24) is 0 Å². The van der Waals surface area contributed by atoms with Crippen LogP contribution in [-0.2, 0) is 12.8 Å². The van der Waals surface area contributed by atoms with E-state index in [4.69, 9.17) is 4.74 Å². The van der Waals surface area contributed by atoms with Crippen molar-refractivity contribution in [3.63, 3.8) is 0 Å². The van der Waals surface area contributed by atoms with Crippen LogP contribution in [0.15, 0.2) is 54.6 Å². The number of hydrogen-bond acceptors (Lipinski definition) is 1. The summed E-state index contributed by atoms with van der Waals surface area (Å²) in [6.07, 6.45) is 17.9. The van der Waals surface area contributed by atoms with E-state index in [0.29, 0.717) is 0 Å². The lowest BCUT2D eigenvalue weighted by molar-refractivity contribution is 0.206. The van der Waals surface area contributed by atoms with Crippen LogP contribution in [0.2, 0.25) is 0 Å². The Morgan fingerprint density at radius 1 is 0.839 bits per heavy atom. The van der Waals surface area contributed by atoms with Crippen molar-refractivity contribution in [2.45, 2.75) is 78.1 Å². The van der Waals surface area contributed by atoms with Gasteiger partial charge in [0.05, 0.1) is 6.61 Å². The Labute approximate surface area is 189 Å². The summed E-state index contributed by atoms with van der Waals surface area (Å²) < 4.78 is 5.88. The number of rotatable bonds is 8. The monoisotopic (exact) mass is 416 g/mol. The van der Waals surface area contributed by atoms with Crippen molar-refractivity contribution in [2.75, 3.05) is 6.61 Å². The van der Waals surface area contributed by atoms with E-state index in [-0.39, 0.29) is 0 Å². The number of allylic oxidation sites excluding steroid dienone is 2. The topological polar surface area (TPSA) is 9.23 Å². The molecule has 166 valence electrons. The predicted molar refractivity (Wildman–Crippen MR) is 133 cm³/mol. The summed E-state index contributed by atoms with van der Waals surface area (Å²) in [6.45, 7) is 5.21. The third-order valence-corrected chi connectivity index (χ3v) is 7.62. The Hall–Kier alpha value is -2.02. The molecule has 0 aromatic heterocycles. The van der Waals surface area contributed by atoms with Crippen LogP contribution in [0.5, 0.6) is 5.75 Å². The third kappa shape index (κ3) is 5.82. The molecule has 4 rings (SSSR count). The van der Waals surface area contributed by atoms with E-state index in [1.807, 2.05) is 0 Å². The molecule has 0 heterocycles. The second-order valence-corrected chi connectivity index (χ2v) is 9.77. The average Bonchev–Trinajstić information content (AvgIpc) is 2.82. The Balaban J connectivity index is 1.35. The van der Waals surface area contributed by atoms with Crippen LogP contribution in [0.3, 0.4) is 0 Å². The summed E-state index contributed by atoms with van der Waals surface area (Å²) in [5, 5.41) is 0. The molecule has 0 saturated heterocycles. The summed E-state index contributed by atoms with van der Waals surface area (Å²) in [5.74, 6) is 3.67. The average molecular weight is 417 g/mol. The number of benzene rings is 2. The van der Waals surface area contributed by atoms with Gasteiger partial charge in [0.25, 0.3) is 0 Å². The number of aryl methyl sites for hydroxylation is 1. The van der Waals surface area contributed by atoms with E-state index in [9.17, 15) is 0 Å². The zero-order chi connectivity index (χ0) is 21.5. The highest BCUT2D eigenvalue weighted by Gasteiger charge is 2.29. The predicted octanol–water partition coefficient (Wildman–Crippen LogP) is 8.41. The van der Waals surface area contributed by atoms with Gasteiger partial charge in [-0.05, 0) is 110 Å². The zero-order valence-electron chi connectivity index (χ0n) is 19.6. The number of ether oxygens (including phenoxy) is 1. The van der Waals surface area contributed by atoms with Crippen molar-refractivity contribution in [3.05, 3.63) is 65.7 Å². The van der Waals surface area contributed by atoms with E-state index in [1.165, 1.54) is 68.9 Å². The number of hydrogen-bond donors (Lipinski definition) is 0. The Morgan fingerprint density at radius 2 is 1.61 bits per heavy atom. The molecule has 0 radical (unpaired) electrons. The molecule has 1 nitrogen and oxygen atoms in total. The maximum atomic E-state index is 5.88. The maximum absolute atomic E-state index is 5.88. The highest BCUT2D eigenvalue weighted by molar-refractivity contribution is 5.66. The molecule has 1 unspecified atom stereocenters. The van der Waals surface area contributed by atoms with Gasteiger partial charge in [-0.2, -0.15) is 0 Å². The first-order valence-corrected chi connectivity index (χ1v) is 12.7. The molecule has 0 amide bonds. The van der Waals surface area contributed by atoms with Gasteiger partial charge in [-0.15, -0.1) is 0 Å². The van der Waals surface area contributed by atoms with Gasteiger partial charge in [-0.3, -0.25) is 0 Å². The van der Waals surface area contributed by atoms with E-state index >= 15 is 0 Å². The normalized spacial score (nSPS) is 23.6. The van der Waals surface area contributed by atoms with Crippen LogP contribution < -0.4 is 4.74 Å². The van der Waals surface area contributed by atoms with Crippen LogP contribution >= 0.6 is 0 Å². The fraction of sp³-hybridized carbons (Fsp3) is 0.533. The van der Waals surface area contributed by atoms with Gasteiger partial charge in [-0.25, -0.2) is 0 Å².